The Morgan fingerprint density at radius 1 is 1.04 bits per heavy atom. The lowest BCUT2D eigenvalue weighted by atomic mass is 10.1. The molecule has 2 aromatic carbocycles. The van der Waals surface area contributed by atoms with Crippen LogP contribution >= 0.6 is 0 Å². The number of ether oxygens (including phenoxy) is 1. The number of rotatable bonds is 4. The highest BCUT2D eigenvalue weighted by Gasteiger charge is 2.39. The second-order valence-corrected chi connectivity index (χ2v) is 7.65. The van der Waals surface area contributed by atoms with Crippen LogP contribution in [-0.2, 0) is 6.61 Å². The van der Waals surface area contributed by atoms with E-state index >= 15 is 0 Å². The summed E-state index contributed by atoms with van der Waals surface area (Å²) in [6.45, 7) is 2.16. The molecule has 28 heavy (non-hydrogen) atoms. The molecule has 0 saturated carbocycles. The number of hydrogen-bond acceptors (Lipinski definition) is 4. The van der Waals surface area contributed by atoms with Crippen molar-refractivity contribution in [2.45, 2.75) is 38.0 Å². The van der Waals surface area contributed by atoms with E-state index in [2.05, 4.69) is 17.4 Å². The molecule has 1 amide bonds. The molecule has 2 unspecified atom stereocenters. The van der Waals surface area contributed by atoms with E-state index in [9.17, 15) is 4.79 Å². The second-order valence-electron chi connectivity index (χ2n) is 7.65. The number of nitrogens with one attached hydrogen (secondary N) is 1. The Hall–Kier alpha value is -2.79. The Bertz CT molecular complexity index is 982. The normalized spacial score (nSPS) is 21.6. The molecule has 0 spiro atoms. The van der Waals surface area contributed by atoms with Gasteiger partial charge in [0.05, 0.1) is 0 Å². The summed E-state index contributed by atoms with van der Waals surface area (Å²) in [5.41, 5.74) is 0. The van der Waals surface area contributed by atoms with Crippen molar-refractivity contribution >= 4 is 16.7 Å². The van der Waals surface area contributed by atoms with Crippen LogP contribution < -0.4 is 10.1 Å². The van der Waals surface area contributed by atoms with Gasteiger partial charge in [-0.1, -0.05) is 30.3 Å². The SMILES string of the molecule is O=C(c1ccc(COc2ccc3ccccc3c2)o1)N1C2CCNCC1CC2. The van der Waals surface area contributed by atoms with Crippen LogP contribution in [-0.4, -0.2) is 36.0 Å². The van der Waals surface area contributed by atoms with Gasteiger partial charge in [-0.2, -0.15) is 0 Å². The largest absolute Gasteiger partial charge is 0.486 e. The Labute approximate surface area is 164 Å². The van der Waals surface area contributed by atoms with E-state index in [0.29, 0.717) is 24.2 Å². The van der Waals surface area contributed by atoms with Crippen LogP contribution in [0, 0.1) is 0 Å². The van der Waals surface area contributed by atoms with Crippen molar-refractivity contribution in [2.24, 2.45) is 0 Å². The van der Waals surface area contributed by atoms with Crippen LogP contribution in [0.25, 0.3) is 10.8 Å². The van der Waals surface area contributed by atoms with Crippen molar-refractivity contribution in [3.63, 3.8) is 0 Å². The van der Waals surface area contributed by atoms with Crippen LogP contribution in [0.1, 0.15) is 35.6 Å². The average molecular weight is 376 g/mol. The van der Waals surface area contributed by atoms with E-state index in [-0.39, 0.29) is 11.9 Å². The fraction of sp³-hybridized carbons (Fsp3) is 0.348. The third kappa shape index (κ3) is 3.27. The summed E-state index contributed by atoms with van der Waals surface area (Å²) in [5.74, 6) is 1.88. The third-order valence-corrected chi connectivity index (χ3v) is 5.86. The molecule has 3 aromatic rings. The van der Waals surface area contributed by atoms with Gasteiger partial charge in [-0.15, -0.1) is 0 Å². The van der Waals surface area contributed by atoms with Gasteiger partial charge in [0.15, 0.2) is 5.76 Å². The molecule has 2 saturated heterocycles. The highest BCUT2D eigenvalue weighted by Crippen LogP contribution is 2.30. The molecule has 2 fully saturated rings. The number of carbonyl (C=O) groups excluding carboxylic acids is 1. The first kappa shape index (κ1) is 17.3. The van der Waals surface area contributed by atoms with E-state index in [0.717, 1.165) is 43.5 Å². The minimum absolute atomic E-state index is 0.00755. The number of nitrogens with zero attached hydrogens (tertiary/aromatic N) is 1. The standard InChI is InChI=1S/C23H24N2O3/c26-23(25-18-6-7-19(25)14-24-12-11-18)22-10-9-21(28-22)15-27-20-8-5-16-3-1-2-4-17(16)13-20/h1-5,8-10,13,18-19,24H,6-7,11-12,14-15H2. The number of furan rings is 1. The fourth-order valence-corrected chi connectivity index (χ4v) is 4.42. The van der Waals surface area contributed by atoms with Gasteiger partial charge < -0.3 is 19.4 Å². The molecule has 2 aliphatic rings. The predicted octanol–water partition coefficient (Wildman–Crippen LogP) is 3.98. The molecular weight excluding hydrogens is 352 g/mol. The minimum Gasteiger partial charge on any atom is -0.486 e. The van der Waals surface area contributed by atoms with Gasteiger partial charge in [0.2, 0.25) is 0 Å². The fourth-order valence-electron chi connectivity index (χ4n) is 4.42. The quantitative estimate of drug-likeness (QED) is 0.748. The maximum atomic E-state index is 13.0. The van der Waals surface area contributed by atoms with Gasteiger partial charge in [-0.25, -0.2) is 0 Å². The number of amides is 1. The van der Waals surface area contributed by atoms with Gasteiger partial charge in [-0.05, 0) is 60.8 Å². The molecule has 5 rings (SSSR count). The van der Waals surface area contributed by atoms with Crippen molar-refractivity contribution in [3.05, 3.63) is 66.1 Å². The summed E-state index contributed by atoms with van der Waals surface area (Å²) in [6.07, 6.45) is 3.18. The van der Waals surface area contributed by atoms with E-state index in [1.54, 1.807) is 6.07 Å². The maximum absolute atomic E-state index is 13.0. The zero-order valence-electron chi connectivity index (χ0n) is 15.8. The number of hydrogen-bond donors (Lipinski definition) is 1. The van der Waals surface area contributed by atoms with Crippen molar-refractivity contribution < 1.29 is 13.9 Å². The lowest BCUT2D eigenvalue weighted by Crippen LogP contribution is -2.42. The molecule has 2 atom stereocenters. The first-order chi connectivity index (χ1) is 13.8. The number of carbonyl (C=O) groups is 1. The molecule has 2 aliphatic heterocycles. The molecular formula is C23H24N2O3. The average Bonchev–Trinajstić information content (AvgIpc) is 3.29. The van der Waals surface area contributed by atoms with Crippen molar-refractivity contribution in [1.82, 2.24) is 10.2 Å². The van der Waals surface area contributed by atoms with Crippen molar-refractivity contribution in [1.29, 1.82) is 0 Å². The Morgan fingerprint density at radius 3 is 2.82 bits per heavy atom. The topological polar surface area (TPSA) is 54.7 Å². The number of benzene rings is 2. The second kappa shape index (κ2) is 7.32. The summed E-state index contributed by atoms with van der Waals surface area (Å²) < 4.78 is 11.7. The number of fused-ring (bicyclic) bond motifs is 3. The Morgan fingerprint density at radius 2 is 1.89 bits per heavy atom. The minimum atomic E-state index is 0.00755. The maximum Gasteiger partial charge on any atom is 0.290 e. The molecule has 144 valence electrons. The lowest BCUT2D eigenvalue weighted by molar-refractivity contribution is 0.0643. The Balaban J connectivity index is 1.27. The van der Waals surface area contributed by atoms with Crippen molar-refractivity contribution in [3.8, 4) is 5.75 Å². The summed E-state index contributed by atoms with van der Waals surface area (Å²) >= 11 is 0. The van der Waals surface area contributed by atoms with E-state index in [4.69, 9.17) is 9.15 Å². The van der Waals surface area contributed by atoms with E-state index in [1.165, 1.54) is 5.39 Å². The summed E-state index contributed by atoms with van der Waals surface area (Å²) in [5, 5.41) is 5.75. The zero-order valence-corrected chi connectivity index (χ0v) is 15.8. The zero-order chi connectivity index (χ0) is 18.9. The van der Waals surface area contributed by atoms with E-state index < -0.39 is 0 Å². The monoisotopic (exact) mass is 376 g/mol. The van der Waals surface area contributed by atoms with Gasteiger partial charge in [0.25, 0.3) is 5.91 Å². The highest BCUT2D eigenvalue weighted by molar-refractivity contribution is 5.92. The molecule has 5 nitrogen and oxygen atoms in total. The van der Waals surface area contributed by atoms with Crippen LogP contribution in [0.4, 0.5) is 0 Å². The molecule has 1 N–H and O–H groups in total. The first-order valence-corrected chi connectivity index (χ1v) is 10.0. The smallest absolute Gasteiger partial charge is 0.290 e. The Kier molecular flexibility index (Phi) is 4.53. The van der Waals surface area contributed by atoms with E-state index in [1.807, 2.05) is 41.3 Å². The highest BCUT2D eigenvalue weighted by atomic mass is 16.5. The van der Waals surface area contributed by atoms with Gasteiger partial charge in [0.1, 0.15) is 18.1 Å². The lowest BCUT2D eigenvalue weighted by Gasteiger charge is -2.26. The first-order valence-electron chi connectivity index (χ1n) is 10.0. The molecule has 0 radical (unpaired) electrons. The van der Waals surface area contributed by atoms with Crippen LogP contribution in [0.15, 0.2) is 59.0 Å². The summed E-state index contributed by atoms with van der Waals surface area (Å²) in [6, 6.07) is 18.4. The molecule has 0 aliphatic carbocycles. The van der Waals surface area contributed by atoms with Crippen LogP contribution in [0.3, 0.4) is 0 Å². The predicted molar refractivity (Wildman–Crippen MR) is 107 cm³/mol. The van der Waals surface area contributed by atoms with Gasteiger partial charge in [-0.3, -0.25) is 4.79 Å². The van der Waals surface area contributed by atoms with Gasteiger partial charge >= 0.3 is 0 Å². The van der Waals surface area contributed by atoms with Crippen LogP contribution in [0.2, 0.25) is 0 Å². The molecule has 5 heteroatoms. The molecule has 3 heterocycles. The molecule has 2 bridgehead atoms. The molecule has 1 aromatic heterocycles. The summed E-state index contributed by atoms with van der Waals surface area (Å²) in [7, 11) is 0. The van der Waals surface area contributed by atoms with Crippen LogP contribution in [0.5, 0.6) is 5.75 Å². The van der Waals surface area contributed by atoms with Crippen molar-refractivity contribution in [2.75, 3.05) is 13.1 Å². The van der Waals surface area contributed by atoms with Gasteiger partial charge in [0, 0.05) is 18.6 Å². The third-order valence-electron chi connectivity index (χ3n) is 5.86. The summed E-state index contributed by atoms with van der Waals surface area (Å²) in [4.78, 5) is 15.0.